The molecule has 0 aliphatic carbocycles. The van der Waals surface area contributed by atoms with Crippen LogP contribution in [0.2, 0.25) is 5.02 Å². The number of nitro groups is 1. The van der Waals surface area contributed by atoms with Crippen molar-refractivity contribution in [2.24, 2.45) is 0 Å². The Bertz CT molecular complexity index is 1520. The van der Waals surface area contributed by atoms with Crippen LogP contribution in [0.25, 0.3) is 16.7 Å². The molecule has 0 atom stereocenters. The van der Waals surface area contributed by atoms with Crippen LogP contribution in [-0.2, 0) is 4.74 Å². The number of anilines is 2. The van der Waals surface area contributed by atoms with Crippen molar-refractivity contribution in [3.8, 4) is 11.4 Å². The predicted octanol–water partition coefficient (Wildman–Crippen LogP) is 4.39. The van der Waals surface area contributed by atoms with Crippen LogP contribution in [-0.4, -0.2) is 59.2 Å². The van der Waals surface area contributed by atoms with Crippen molar-refractivity contribution in [3.63, 3.8) is 0 Å². The first-order valence-electron chi connectivity index (χ1n) is 11.5. The van der Waals surface area contributed by atoms with Crippen LogP contribution in [0.1, 0.15) is 15.9 Å². The Balaban J connectivity index is 1.47. The quantitative estimate of drug-likeness (QED) is 0.292. The minimum atomic E-state index is -0.513. The molecule has 5 rings (SSSR count). The Hall–Kier alpha value is -4.22. The zero-order valence-corrected chi connectivity index (χ0v) is 20.9. The lowest BCUT2D eigenvalue weighted by Crippen LogP contribution is -2.37. The number of halogens is 1. The molecule has 1 aliphatic rings. The predicted molar refractivity (Wildman–Crippen MR) is 139 cm³/mol. The first-order valence-corrected chi connectivity index (χ1v) is 11.9. The molecule has 1 amide bonds. The number of morpholine rings is 1. The van der Waals surface area contributed by atoms with Crippen molar-refractivity contribution in [3.05, 3.63) is 74.8 Å². The molecule has 0 spiro atoms. The van der Waals surface area contributed by atoms with Crippen molar-refractivity contribution in [1.82, 2.24) is 15.0 Å². The van der Waals surface area contributed by atoms with Gasteiger partial charge in [-0.25, -0.2) is 0 Å². The van der Waals surface area contributed by atoms with Crippen molar-refractivity contribution < 1.29 is 19.2 Å². The Labute approximate surface area is 216 Å². The minimum absolute atomic E-state index is 0.157. The normalized spacial score (nSPS) is 13.5. The summed E-state index contributed by atoms with van der Waals surface area (Å²) in [6, 6.07) is 13.1. The molecule has 0 unspecified atom stereocenters. The van der Waals surface area contributed by atoms with Gasteiger partial charge in [-0.3, -0.25) is 14.9 Å². The van der Waals surface area contributed by atoms with E-state index >= 15 is 0 Å². The number of hydrogen-bond acceptors (Lipinski definition) is 8. The summed E-state index contributed by atoms with van der Waals surface area (Å²) in [4.78, 5) is 27.7. The van der Waals surface area contributed by atoms with E-state index in [1.807, 2.05) is 17.9 Å². The fourth-order valence-corrected chi connectivity index (χ4v) is 4.44. The molecule has 37 heavy (non-hydrogen) atoms. The topological polar surface area (TPSA) is 125 Å². The van der Waals surface area contributed by atoms with Crippen LogP contribution in [0.4, 0.5) is 17.1 Å². The summed E-state index contributed by atoms with van der Waals surface area (Å²) in [5.74, 6) is 0.0857. The lowest BCUT2D eigenvalue weighted by Gasteiger charge is -2.30. The van der Waals surface area contributed by atoms with Gasteiger partial charge in [0.1, 0.15) is 16.8 Å². The van der Waals surface area contributed by atoms with E-state index in [1.54, 1.807) is 30.3 Å². The highest BCUT2D eigenvalue weighted by atomic mass is 35.5. The SMILES string of the molecule is COc1ccc(-n2nc3cc(C)c(NC(=O)c4cc([N+](=O)[O-])ccc4N4CCOCC4)cc3n2)cc1Cl. The van der Waals surface area contributed by atoms with Gasteiger partial charge in [-0.1, -0.05) is 11.6 Å². The number of aryl methyl sites for hydroxylation is 1. The largest absolute Gasteiger partial charge is 0.495 e. The Kier molecular flexibility index (Phi) is 6.64. The fourth-order valence-electron chi connectivity index (χ4n) is 4.19. The highest BCUT2D eigenvalue weighted by molar-refractivity contribution is 6.32. The van der Waals surface area contributed by atoms with Crippen LogP contribution < -0.4 is 15.0 Å². The number of carbonyl (C=O) groups is 1. The fraction of sp³-hybridized carbons (Fsp3) is 0.240. The Morgan fingerprint density at radius 1 is 1.11 bits per heavy atom. The smallest absolute Gasteiger partial charge is 0.270 e. The highest BCUT2D eigenvalue weighted by Gasteiger charge is 2.23. The number of methoxy groups -OCH3 is 1. The van der Waals surface area contributed by atoms with E-state index < -0.39 is 10.8 Å². The molecular weight excluding hydrogens is 500 g/mol. The maximum absolute atomic E-state index is 13.4. The molecule has 0 bridgehead atoms. The lowest BCUT2D eigenvalue weighted by molar-refractivity contribution is -0.384. The maximum atomic E-state index is 13.4. The van der Waals surface area contributed by atoms with Crippen LogP contribution in [0.3, 0.4) is 0 Å². The zero-order chi connectivity index (χ0) is 26.1. The summed E-state index contributed by atoms with van der Waals surface area (Å²) in [5.41, 5.74) is 3.80. The number of nitro benzene ring substituents is 1. The van der Waals surface area contributed by atoms with Gasteiger partial charge >= 0.3 is 0 Å². The van der Waals surface area contributed by atoms with Crippen molar-refractivity contribution in [1.29, 1.82) is 0 Å². The molecule has 4 aromatic rings. The number of amides is 1. The van der Waals surface area contributed by atoms with Gasteiger partial charge in [-0.05, 0) is 48.9 Å². The molecule has 1 aromatic heterocycles. The number of fused-ring (bicyclic) bond motifs is 1. The van der Waals surface area contributed by atoms with Gasteiger partial charge in [0.25, 0.3) is 11.6 Å². The summed E-state index contributed by atoms with van der Waals surface area (Å²) in [7, 11) is 1.54. The molecule has 1 N–H and O–H groups in total. The van der Waals surface area contributed by atoms with E-state index in [1.165, 1.54) is 24.0 Å². The number of benzene rings is 3. The Morgan fingerprint density at radius 3 is 2.51 bits per heavy atom. The molecular formula is C25H23ClN6O5. The monoisotopic (exact) mass is 522 g/mol. The highest BCUT2D eigenvalue weighted by Crippen LogP contribution is 2.30. The minimum Gasteiger partial charge on any atom is -0.495 e. The van der Waals surface area contributed by atoms with Gasteiger partial charge in [0.2, 0.25) is 0 Å². The van der Waals surface area contributed by atoms with Gasteiger partial charge in [-0.2, -0.15) is 4.80 Å². The summed E-state index contributed by atoms with van der Waals surface area (Å²) >= 11 is 6.25. The van der Waals surface area contributed by atoms with Crippen LogP contribution in [0, 0.1) is 17.0 Å². The van der Waals surface area contributed by atoms with Crippen LogP contribution >= 0.6 is 11.6 Å². The molecule has 0 radical (unpaired) electrons. The van der Waals surface area contributed by atoms with Gasteiger partial charge in [-0.15, -0.1) is 10.2 Å². The second-order valence-corrected chi connectivity index (χ2v) is 8.88. The maximum Gasteiger partial charge on any atom is 0.270 e. The molecule has 12 heteroatoms. The molecule has 1 saturated heterocycles. The lowest BCUT2D eigenvalue weighted by atomic mass is 10.1. The van der Waals surface area contributed by atoms with E-state index in [2.05, 4.69) is 15.5 Å². The second-order valence-electron chi connectivity index (χ2n) is 8.48. The van der Waals surface area contributed by atoms with E-state index in [0.717, 1.165) is 5.56 Å². The van der Waals surface area contributed by atoms with Crippen LogP contribution in [0.15, 0.2) is 48.5 Å². The number of carbonyl (C=O) groups excluding carboxylic acids is 1. The second kappa shape index (κ2) is 10.0. The average molecular weight is 523 g/mol. The number of nitrogens with one attached hydrogen (secondary N) is 1. The first kappa shape index (κ1) is 24.5. The van der Waals surface area contributed by atoms with Gasteiger partial charge in [0.05, 0.1) is 47.2 Å². The zero-order valence-electron chi connectivity index (χ0n) is 20.1. The summed E-state index contributed by atoms with van der Waals surface area (Å²) in [6.07, 6.45) is 0. The Morgan fingerprint density at radius 2 is 1.84 bits per heavy atom. The third kappa shape index (κ3) is 4.91. The van der Waals surface area contributed by atoms with E-state index in [9.17, 15) is 14.9 Å². The molecule has 1 aliphatic heterocycles. The number of ether oxygens (including phenoxy) is 2. The van der Waals surface area contributed by atoms with E-state index in [4.69, 9.17) is 21.1 Å². The molecule has 2 heterocycles. The molecule has 0 saturated carbocycles. The third-order valence-electron chi connectivity index (χ3n) is 6.13. The number of hydrogen-bond donors (Lipinski definition) is 1. The number of rotatable bonds is 6. The summed E-state index contributed by atoms with van der Waals surface area (Å²) in [5, 5.41) is 23.8. The summed E-state index contributed by atoms with van der Waals surface area (Å²) in [6.45, 7) is 4.05. The van der Waals surface area contributed by atoms with Crippen molar-refractivity contribution >= 4 is 45.6 Å². The summed E-state index contributed by atoms with van der Waals surface area (Å²) < 4.78 is 10.6. The first-order chi connectivity index (χ1) is 17.8. The van der Waals surface area contributed by atoms with Crippen molar-refractivity contribution in [2.75, 3.05) is 43.6 Å². The van der Waals surface area contributed by atoms with Crippen molar-refractivity contribution in [2.45, 2.75) is 6.92 Å². The van der Waals surface area contributed by atoms with Gasteiger partial charge in [0.15, 0.2) is 0 Å². The standard InChI is InChI=1S/C25H23ClN6O5/c1-15-11-21-22(29-31(28-21)16-4-6-24(36-2)19(26)13-16)14-20(15)27-25(33)18-12-17(32(34)35)3-5-23(18)30-7-9-37-10-8-30/h3-6,11-14H,7-10H2,1-2H3,(H,27,33). The molecule has 190 valence electrons. The van der Waals surface area contributed by atoms with Crippen LogP contribution in [0.5, 0.6) is 5.75 Å². The molecule has 11 nitrogen and oxygen atoms in total. The average Bonchev–Trinajstić information content (AvgIpc) is 3.31. The number of aromatic nitrogens is 3. The third-order valence-corrected chi connectivity index (χ3v) is 6.42. The molecule has 1 fully saturated rings. The van der Waals surface area contributed by atoms with E-state index in [0.29, 0.717) is 65.2 Å². The van der Waals surface area contributed by atoms with E-state index in [-0.39, 0.29) is 11.3 Å². The van der Waals surface area contributed by atoms with Gasteiger partial charge in [0, 0.05) is 30.9 Å². The molecule has 3 aromatic carbocycles. The number of non-ortho nitro benzene ring substituents is 1. The van der Waals surface area contributed by atoms with Gasteiger partial charge < -0.3 is 19.7 Å². The number of nitrogens with zero attached hydrogens (tertiary/aromatic N) is 5.